The zero-order valence-corrected chi connectivity index (χ0v) is 15.1. The lowest BCUT2D eigenvalue weighted by Crippen LogP contribution is -2.50. The molecule has 0 aliphatic carbocycles. The molecule has 2 N–H and O–H groups in total. The molecule has 1 saturated heterocycles. The zero-order chi connectivity index (χ0) is 19.4. The van der Waals surface area contributed by atoms with Crippen molar-refractivity contribution in [2.75, 3.05) is 44.8 Å². The van der Waals surface area contributed by atoms with Gasteiger partial charge in [-0.1, -0.05) is 0 Å². The number of hydrogen-bond donors (Lipinski definition) is 2. The maximum atomic E-state index is 12.3. The molecular formula is C18H23N3O6. The zero-order valence-electron chi connectivity index (χ0n) is 15.1. The maximum Gasteiger partial charge on any atom is 0.308 e. The average molecular weight is 377 g/mol. The lowest BCUT2D eigenvalue weighted by Gasteiger charge is -2.35. The van der Waals surface area contributed by atoms with Crippen molar-refractivity contribution >= 4 is 23.5 Å². The van der Waals surface area contributed by atoms with Crippen LogP contribution in [0.2, 0.25) is 0 Å². The van der Waals surface area contributed by atoms with E-state index in [-0.39, 0.29) is 31.6 Å². The minimum Gasteiger partial charge on any atom is -0.481 e. The molecular weight excluding hydrogens is 354 g/mol. The highest BCUT2D eigenvalue weighted by Crippen LogP contribution is 2.34. The molecule has 27 heavy (non-hydrogen) atoms. The van der Waals surface area contributed by atoms with Crippen molar-refractivity contribution in [3.8, 4) is 11.5 Å². The number of rotatable bonds is 6. The van der Waals surface area contributed by atoms with Gasteiger partial charge in [-0.2, -0.15) is 0 Å². The first-order chi connectivity index (χ1) is 12.9. The minimum atomic E-state index is -1.01. The van der Waals surface area contributed by atoms with Crippen LogP contribution < -0.4 is 14.8 Å². The fourth-order valence-electron chi connectivity index (χ4n) is 3.20. The van der Waals surface area contributed by atoms with E-state index in [1.165, 1.54) is 6.92 Å². The number of carboxylic acid groups (broad SMARTS) is 1. The van der Waals surface area contributed by atoms with E-state index in [1.807, 2.05) is 4.90 Å². The Kier molecular flexibility index (Phi) is 5.80. The van der Waals surface area contributed by atoms with E-state index in [0.717, 1.165) is 0 Å². The topological polar surface area (TPSA) is 108 Å². The third-order valence-corrected chi connectivity index (χ3v) is 4.73. The predicted octanol–water partition coefficient (Wildman–Crippen LogP) is 0.609. The maximum absolute atomic E-state index is 12.3. The van der Waals surface area contributed by atoms with Crippen LogP contribution in [0.3, 0.4) is 0 Å². The fraction of sp³-hybridized carbons (Fsp3) is 0.500. The number of piperazine rings is 1. The molecule has 2 aliphatic heterocycles. The van der Waals surface area contributed by atoms with Crippen LogP contribution in [0.5, 0.6) is 11.5 Å². The fourth-order valence-corrected chi connectivity index (χ4v) is 3.20. The lowest BCUT2D eigenvalue weighted by molar-refractivity contribution is -0.144. The second kappa shape index (κ2) is 8.26. The number of fused-ring (bicyclic) bond motifs is 1. The number of aliphatic carboxylic acids is 1. The third-order valence-electron chi connectivity index (χ3n) is 4.73. The Hall–Kier alpha value is -2.81. The monoisotopic (exact) mass is 377 g/mol. The molecule has 1 fully saturated rings. The number of hydrogen-bond acceptors (Lipinski definition) is 6. The number of benzene rings is 1. The molecule has 2 amide bonds. The summed E-state index contributed by atoms with van der Waals surface area (Å²) in [6.07, 6.45) is -0.128. The van der Waals surface area contributed by atoms with Crippen molar-refractivity contribution in [2.45, 2.75) is 13.3 Å². The molecule has 1 aromatic carbocycles. The van der Waals surface area contributed by atoms with Crippen LogP contribution in [0.15, 0.2) is 18.2 Å². The summed E-state index contributed by atoms with van der Waals surface area (Å²) in [5.41, 5.74) is 0.531. The van der Waals surface area contributed by atoms with E-state index in [2.05, 4.69) is 5.32 Å². The van der Waals surface area contributed by atoms with Gasteiger partial charge in [0.2, 0.25) is 18.6 Å². The largest absolute Gasteiger partial charge is 0.481 e. The van der Waals surface area contributed by atoms with Gasteiger partial charge in [0.15, 0.2) is 11.5 Å². The molecule has 9 nitrogen and oxygen atoms in total. The third kappa shape index (κ3) is 4.88. The number of carbonyl (C=O) groups is 3. The van der Waals surface area contributed by atoms with E-state index in [9.17, 15) is 19.5 Å². The molecule has 0 aromatic heterocycles. The molecule has 1 atom stereocenters. The Labute approximate surface area is 156 Å². The van der Waals surface area contributed by atoms with Gasteiger partial charge >= 0.3 is 5.97 Å². The van der Waals surface area contributed by atoms with Crippen molar-refractivity contribution < 1.29 is 29.0 Å². The van der Waals surface area contributed by atoms with E-state index < -0.39 is 11.9 Å². The number of nitrogens with zero attached hydrogens (tertiary/aromatic N) is 2. The van der Waals surface area contributed by atoms with Crippen molar-refractivity contribution in [1.82, 2.24) is 9.80 Å². The number of amides is 2. The number of anilines is 1. The van der Waals surface area contributed by atoms with Gasteiger partial charge in [-0.3, -0.25) is 19.3 Å². The first-order valence-electron chi connectivity index (χ1n) is 8.82. The molecule has 146 valence electrons. The van der Waals surface area contributed by atoms with E-state index >= 15 is 0 Å². The van der Waals surface area contributed by atoms with Crippen molar-refractivity contribution in [2.24, 2.45) is 5.92 Å². The van der Waals surface area contributed by atoms with E-state index in [1.54, 1.807) is 23.1 Å². The smallest absolute Gasteiger partial charge is 0.308 e. The predicted molar refractivity (Wildman–Crippen MR) is 95.6 cm³/mol. The van der Waals surface area contributed by atoms with Crippen LogP contribution in [0.25, 0.3) is 0 Å². The minimum absolute atomic E-state index is 0.0209. The van der Waals surface area contributed by atoms with E-state index in [4.69, 9.17) is 9.47 Å². The van der Waals surface area contributed by atoms with Gasteiger partial charge < -0.3 is 24.8 Å². The summed E-state index contributed by atoms with van der Waals surface area (Å²) in [5.74, 6) is -1.02. The Morgan fingerprint density at radius 3 is 2.52 bits per heavy atom. The van der Waals surface area contributed by atoms with Crippen LogP contribution in [0, 0.1) is 5.92 Å². The quantitative estimate of drug-likeness (QED) is 0.748. The molecule has 1 aromatic rings. The number of carbonyl (C=O) groups excluding carboxylic acids is 2. The second-order valence-corrected chi connectivity index (χ2v) is 6.66. The van der Waals surface area contributed by atoms with Gasteiger partial charge in [-0.05, 0) is 12.1 Å². The van der Waals surface area contributed by atoms with Crippen molar-refractivity contribution in [1.29, 1.82) is 0 Å². The number of carboxylic acids is 1. The lowest BCUT2D eigenvalue weighted by atomic mass is 10.0. The molecule has 0 unspecified atom stereocenters. The summed E-state index contributed by atoms with van der Waals surface area (Å²) in [4.78, 5) is 39.0. The Morgan fingerprint density at radius 2 is 1.85 bits per heavy atom. The molecule has 0 radical (unpaired) electrons. The van der Waals surface area contributed by atoms with Crippen molar-refractivity contribution in [3.63, 3.8) is 0 Å². The first kappa shape index (κ1) is 19.0. The molecule has 2 heterocycles. The second-order valence-electron chi connectivity index (χ2n) is 6.66. The molecule has 3 rings (SSSR count). The molecule has 9 heteroatoms. The summed E-state index contributed by atoms with van der Waals surface area (Å²) >= 11 is 0. The van der Waals surface area contributed by atoms with Crippen LogP contribution in [0.1, 0.15) is 13.3 Å². The summed E-state index contributed by atoms with van der Waals surface area (Å²) in [7, 11) is 0. The number of nitrogens with one attached hydrogen (secondary N) is 1. The number of ether oxygens (including phenoxy) is 2. The highest BCUT2D eigenvalue weighted by Gasteiger charge is 2.27. The molecule has 0 spiro atoms. The summed E-state index contributed by atoms with van der Waals surface area (Å²) in [5, 5.41) is 12.2. The van der Waals surface area contributed by atoms with Gasteiger partial charge in [-0.15, -0.1) is 0 Å². The molecule has 0 bridgehead atoms. The standard InChI is InChI=1S/C18H23N3O6/c1-12(22)21-6-4-20(5-7-21)10-13(18(24)25)8-17(23)19-14-2-3-15-16(9-14)27-11-26-15/h2-3,9,13H,4-8,10-11H2,1H3,(H,19,23)(H,24,25)/t13-/m1/s1. The Bertz CT molecular complexity index is 730. The first-order valence-corrected chi connectivity index (χ1v) is 8.82. The van der Waals surface area contributed by atoms with Crippen LogP contribution in [0.4, 0.5) is 5.69 Å². The highest BCUT2D eigenvalue weighted by atomic mass is 16.7. The van der Waals surface area contributed by atoms with Gasteiger partial charge in [0, 0.05) is 57.8 Å². The SMILES string of the molecule is CC(=O)N1CCN(C[C@@H](CC(=O)Nc2ccc3c(c2)OCO3)C(=O)O)CC1. The van der Waals surface area contributed by atoms with E-state index in [0.29, 0.717) is 43.4 Å². The Morgan fingerprint density at radius 1 is 1.15 bits per heavy atom. The Balaban J connectivity index is 1.52. The van der Waals surface area contributed by atoms with Gasteiger partial charge in [0.25, 0.3) is 0 Å². The normalized spacial score (nSPS) is 17.4. The summed E-state index contributed by atoms with van der Waals surface area (Å²) in [6, 6.07) is 5.03. The summed E-state index contributed by atoms with van der Waals surface area (Å²) in [6.45, 7) is 4.30. The average Bonchev–Trinajstić information content (AvgIpc) is 3.09. The van der Waals surface area contributed by atoms with Crippen LogP contribution in [-0.2, 0) is 14.4 Å². The molecule has 2 aliphatic rings. The molecule has 0 saturated carbocycles. The van der Waals surface area contributed by atoms with Gasteiger partial charge in [-0.25, -0.2) is 0 Å². The van der Waals surface area contributed by atoms with Crippen molar-refractivity contribution in [3.05, 3.63) is 18.2 Å². The van der Waals surface area contributed by atoms with Crippen LogP contribution in [-0.4, -0.2) is 72.2 Å². The van der Waals surface area contributed by atoms with Crippen LogP contribution >= 0.6 is 0 Å². The summed E-state index contributed by atoms with van der Waals surface area (Å²) < 4.78 is 10.5. The van der Waals surface area contributed by atoms with Gasteiger partial charge in [0.05, 0.1) is 5.92 Å². The highest BCUT2D eigenvalue weighted by molar-refractivity contribution is 5.93. The van der Waals surface area contributed by atoms with Gasteiger partial charge in [0.1, 0.15) is 0 Å².